The monoisotopic (exact) mass is 288 g/mol. The van der Waals surface area contributed by atoms with Crippen LogP contribution < -0.4 is 5.73 Å². The summed E-state index contributed by atoms with van der Waals surface area (Å²) in [7, 11) is 0. The maximum absolute atomic E-state index is 12.4. The molecule has 112 valence electrons. The summed E-state index contributed by atoms with van der Waals surface area (Å²) in [4.78, 5) is 12.7. The van der Waals surface area contributed by atoms with E-state index in [0.717, 1.165) is 10.5 Å². The van der Waals surface area contributed by atoms with Gasteiger partial charge in [-0.2, -0.15) is 13.2 Å². The zero-order valence-electron chi connectivity index (χ0n) is 11.6. The molecule has 3 nitrogen and oxygen atoms in total. The Morgan fingerprint density at radius 3 is 2.30 bits per heavy atom. The number of hydrogen-bond acceptors (Lipinski definition) is 2. The number of carbonyl (C=O) groups excluding carboxylic acids is 1. The van der Waals surface area contributed by atoms with Gasteiger partial charge < -0.3 is 10.6 Å². The van der Waals surface area contributed by atoms with Crippen LogP contribution in [0.5, 0.6) is 0 Å². The van der Waals surface area contributed by atoms with Gasteiger partial charge in [-0.3, -0.25) is 4.79 Å². The smallest absolute Gasteiger partial charge is 0.399 e. The molecule has 0 aliphatic rings. The molecule has 0 aliphatic carbocycles. The molecule has 1 unspecified atom stereocenters. The van der Waals surface area contributed by atoms with Crippen LogP contribution >= 0.6 is 0 Å². The van der Waals surface area contributed by atoms with Crippen LogP contribution in [-0.2, 0) is 4.79 Å². The SMILES string of the molecule is CCN(CC(F)(F)F)C(=O)CC(C)c1ccc(N)cc1. The lowest BCUT2D eigenvalue weighted by Crippen LogP contribution is -2.39. The summed E-state index contributed by atoms with van der Waals surface area (Å²) < 4.78 is 37.1. The van der Waals surface area contributed by atoms with Crippen LogP contribution in [0.2, 0.25) is 0 Å². The molecule has 0 saturated carbocycles. The summed E-state index contributed by atoms with van der Waals surface area (Å²) in [6.45, 7) is 2.20. The molecule has 1 aromatic carbocycles. The quantitative estimate of drug-likeness (QED) is 0.846. The number of carbonyl (C=O) groups is 1. The molecule has 0 radical (unpaired) electrons. The van der Waals surface area contributed by atoms with E-state index in [-0.39, 0.29) is 18.9 Å². The highest BCUT2D eigenvalue weighted by Crippen LogP contribution is 2.23. The van der Waals surface area contributed by atoms with Gasteiger partial charge in [0.05, 0.1) is 0 Å². The van der Waals surface area contributed by atoms with Gasteiger partial charge in [0.2, 0.25) is 5.91 Å². The van der Waals surface area contributed by atoms with Gasteiger partial charge in [-0.05, 0) is 30.5 Å². The van der Waals surface area contributed by atoms with Crippen molar-refractivity contribution in [3.05, 3.63) is 29.8 Å². The van der Waals surface area contributed by atoms with E-state index in [1.807, 2.05) is 6.92 Å². The van der Waals surface area contributed by atoms with Crippen molar-refractivity contribution >= 4 is 11.6 Å². The second kappa shape index (κ2) is 6.63. The third kappa shape index (κ3) is 5.11. The van der Waals surface area contributed by atoms with E-state index in [0.29, 0.717) is 5.69 Å². The largest absolute Gasteiger partial charge is 0.406 e. The van der Waals surface area contributed by atoms with Crippen molar-refractivity contribution in [2.45, 2.75) is 32.4 Å². The summed E-state index contributed by atoms with van der Waals surface area (Å²) >= 11 is 0. The number of nitrogens with zero attached hydrogens (tertiary/aromatic N) is 1. The van der Waals surface area contributed by atoms with E-state index in [1.165, 1.54) is 6.92 Å². The molecule has 0 heterocycles. The second-order valence-corrected chi connectivity index (χ2v) is 4.79. The Morgan fingerprint density at radius 2 is 1.85 bits per heavy atom. The predicted molar refractivity (Wildman–Crippen MR) is 72.2 cm³/mol. The molecule has 1 rings (SSSR count). The molecule has 1 atom stereocenters. The van der Waals surface area contributed by atoms with Crippen molar-refractivity contribution in [3.8, 4) is 0 Å². The lowest BCUT2D eigenvalue weighted by molar-refractivity contribution is -0.161. The van der Waals surface area contributed by atoms with Gasteiger partial charge in [-0.1, -0.05) is 19.1 Å². The average molecular weight is 288 g/mol. The number of hydrogen-bond donors (Lipinski definition) is 1. The first-order valence-corrected chi connectivity index (χ1v) is 6.43. The fourth-order valence-electron chi connectivity index (χ4n) is 1.93. The van der Waals surface area contributed by atoms with Crippen molar-refractivity contribution in [3.63, 3.8) is 0 Å². The minimum Gasteiger partial charge on any atom is -0.399 e. The second-order valence-electron chi connectivity index (χ2n) is 4.79. The predicted octanol–water partition coefficient (Wildman–Crippen LogP) is 3.17. The molecule has 20 heavy (non-hydrogen) atoms. The molecular weight excluding hydrogens is 269 g/mol. The molecule has 0 fully saturated rings. The van der Waals surface area contributed by atoms with Gasteiger partial charge in [-0.15, -0.1) is 0 Å². The molecule has 0 aliphatic heterocycles. The Labute approximate surface area is 116 Å². The zero-order valence-corrected chi connectivity index (χ0v) is 11.6. The molecule has 0 saturated heterocycles. The van der Waals surface area contributed by atoms with E-state index >= 15 is 0 Å². The van der Waals surface area contributed by atoms with Gasteiger partial charge in [0.1, 0.15) is 6.54 Å². The highest BCUT2D eigenvalue weighted by molar-refractivity contribution is 5.77. The Hall–Kier alpha value is -1.72. The van der Waals surface area contributed by atoms with Crippen molar-refractivity contribution in [2.75, 3.05) is 18.8 Å². The standard InChI is InChI=1S/C14H19F3N2O/c1-3-19(9-14(15,16)17)13(20)8-10(2)11-4-6-12(18)7-5-11/h4-7,10H,3,8-9,18H2,1-2H3. The van der Waals surface area contributed by atoms with Crippen LogP contribution in [0.15, 0.2) is 24.3 Å². The van der Waals surface area contributed by atoms with Crippen molar-refractivity contribution < 1.29 is 18.0 Å². The maximum atomic E-state index is 12.4. The summed E-state index contributed by atoms with van der Waals surface area (Å²) in [5.41, 5.74) is 7.06. The normalized spacial score (nSPS) is 13.1. The summed E-state index contributed by atoms with van der Waals surface area (Å²) in [5.74, 6) is -0.639. The van der Waals surface area contributed by atoms with E-state index in [4.69, 9.17) is 5.73 Å². The third-order valence-corrected chi connectivity index (χ3v) is 3.09. The first-order chi connectivity index (χ1) is 9.23. The Balaban J connectivity index is 2.66. The van der Waals surface area contributed by atoms with Gasteiger partial charge in [0, 0.05) is 18.7 Å². The number of benzene rings is 1. The molecule has 6 heteroatoms. The van der Waals surface area contributed by atoms with Crippen LogP contribution in [0.4, 0.5) is 18.9 Å². The Morgan fingerprint density at radius 1 is 1.30 bits per heavy atom. The number of halogens is 3. The zero-order chi connectivity index (χ0) is 15.3. The number of alkyl halides is 3. The highest BCUT2D eigenvalue weighted by atomic mass is 19.4. The van der Waals surface area contributed by atoms with Gasteiger partial charge >= 0.3 is 6.18 Å². The van der Waals surface area contributed by atoms with Crippen molar-refractivity contribution in [1.29, 1.82) is 0 Å². The molecule has 0 aromatic heterocycles. The topological polar surface area (TPSA) is 46.3 Å². The molecule has 1 amide bonds. The van der Waals surface area contributed by atoms with Crippen molar-refractivity contribution in [1.82, 2.24) is 4.90 Å². The summed E-state index contributed by atoms with van der Waals surface area (Å²) in [5, 5.41) is 0. The molecule has 0 spiro atoms. The number of amides is 1. The first-order valence-electron chi connectivity index (χ1n) is 6.43. The fourth-order valence-corrected chi connectivity index (χ4v) is 1.93. The number of nitrogens with two attached hydrogens (primary N) is 1. The summed E-state index contributed by atoms with van der Waals surface area (Å²) in [6.07, 6.45) is -4.32. The number of rotatable bonds is 5. The maximum Gasteiger partial charge on any atom is 0.406 e. The van der Waals surface area contributed by atoms with Gasteiger partial charge in [0.15, 0.2) is 0 Å². The van der Waals surface area contributed by atoms with Crippen LogP contribution in [0.3, 0.4) is 0 Å². The first kappa shape index (κ1) is 16.3. The average Bonchev–Trinajstić information content (AvgIpc) is 2.35. The van der Waals surface area contributed by atoms with Crippen LogP contribution in [0, 0.1) is 0 Å². The van der Waals surface area contributed by atoms with E-state index < -0.39 is 18.6 Å². The van der Waals surface area contributed by atoms with Crippen LogP contribution in [0.1, 0.15) is 31.7 Å². The van der Waals surface area contributed by atoms with Gasteiger partial charge in [-0.25, -0.2) is 0 Å². The highest BCUT2D eigenvalue weighted by Gasteiger charge is 2.32. The van der Waals surface area contributed by atoms with Crippen LogP contribution in [-0.4, -0.2) is 30.1 Å². The lowest BCUT2D eigenvalue weighted by Gasteiger charge is -2.24. The summed E-state index contributed by atoms with van der Waals surface area (Å²) in [6, 6.07) is 6.99. The van der Waals surface area contributed by atoms with E-state index in [1.54, 1.807) is 24.3 Å². The lowest BCUT2D eigenvalue weighted by atomic mass is 9.97. The molecule has 1 aromatic rings. The molecular formula is C14H19F3N2O. The van der Waals surface area contributed by atoms with Crippen molar-refractivity contribution in [2.24, 2.45) is 0 Å². The van der Waals surface area contributed by atoms with Crippen LogP contribution in [0.25, 0.3) is 0 Å². The van der Waals surface area contributed by atoms with E-state index in [2.05, 4.69) is 0 Å². The van der Waals surface area contributed by atoms with E-state index in [9.17, 15) is 18.0 Å². The minimum atomic E-state index is -4.36. The fraction of sp³-hybridized carbons (Fsp3) is 0.500. The molecule has 0 bridgehead atoms. The Bertz CT molecular complexity index is 443. The minimum absolute atomic E-state index is 0.0484. The van der Waals surface area contributed by atoms with Gasteiger partial charge in [0.25, 0.3) is 0 Å². The third-order valence-electron chi connectivity index (χ3n) is 3.09. The number of nitrogen functional groups attached to an aromatic ring is 1. The molecule has 2 N–H and O–H groups in total. The Kier molecular flexibility index (Phi) is 5.42. The number of anilines is 1.